The van der Waals surface area contributed by atoms with Crippen LogP contribution in [0, 0.1) is 0 Å². The van der Waals surface area contributed by atoms with E-state index in [4.69, 9.17) is 33.2 Å². The molecular weight excluding hydrogens is 548 g/mol. The summed E-state index contributed by atoms with van der Waals surface area (Å²) < 4.78 is 38.2. The third-order valence-electron chi connectivity index (χ3n) is 6.97. The first-order valence-corrected chi connectivity index (χ1v) is 17.0. The molecule has 1 rings (SSSR count). The lowest BCUT2D eigenvalue weighted by Gasteiger charge is -2.08. The lowest BCUT2D eigenvalue weighted by atomic mass is 10.0. The molecule has 1 aromatic carbocycles. The number of hydrogen-bond acceptors (Lipinski definition) is 8. The van der Waals surface area contributed by atoms with Gasteiger partial charge >= 0.3 is 5.97 Å². The molecule has 0 radical (unpaired) electrons. The first kappa shape index (κ1) is 39.5. The summed E-state index contributed by atoms with van der Waals surface area (Å²) in [5.41, 5.74) is 0.538. The van der Waals surface area contributed by atoms with Crippen molar-refractivity contribution in [2.45, 2.75) is 96.8 Å². The van der Waals surface area contributed by atoms with Crippen LogP contribution in [0.25, 0.3) is 0 Å². The minimum atomic E-state index is -0.343. The quantitative estimate of drug-likeness (QED) is 0.0589. The molecule has 0 aliphatic heterocycles. The molecule has 43 heavy (non-hydrogen) atoms. The summed E-state index contributed by atoms with van der Waals surface area (Å²) in [5.74, 6) is -0.343. The Kier molecular flexibility index (Phi) is 30.6. The van der Waals surface area contributed by atoms with Crippen molar-refractivity contribution >= 4 is 5.97 Å². The first-order chi connectivity index (χ1) is 21.3. The lowest BCUT2D eigenvalue weighted by Crippen LogP contribution is -2.15. The van der Waals surface area contributed by atoms with Gasteiger partial charge in [-0.15, -0.1) is 0 Å². The zero-order valence-corrected chi connectivity index (χ0v) is 27.2. The van der Waals surface area contributed by atoms with Crippen LogP contribution in [0.15, 0.2) is 30.3 Å². The fraction of sp³-hybridized carbons (Fsp3) is 0.800. The van der Waals surface area contributed by atoms with Crippen molar-refractivity contribution in [3.05, 3.63) is 35.9 Å². The van der Waals surface area contributed by atoms with Crippen molar-refractivity contribution in [3.8, 4) is 0 Å². The van der Waals surface area contributed by atoms with Gasteiger partial charge < -0.3 is 33.2 Å². The van der Waals surface area contributed by atoms with Crippen LogP contribution in [0.1, 0.15) is 107 Å². The van der Waals surface area contributed by atoms with E-state index in [-0.39, 0.29) is 12.6 Å². The summed E-state index contributed by atoms with van der Waals surface area (Å²) in [6, 6.07) is 8.90. The Bertz CT molecular complexity index is 688. The molecule has 8 heteroatoms. The van der Waals surface area contributed by atoms with Crippen LogP contribution >= 0.6 is 0 Å². The van der Waals surface area contributed by atoms with Crippen molar-refractivity contribution in [3.63, 3.8) is 0 Å². The highest BCUT2D eigenvalue weighted by Crippen LogP contribution is 2.13. The Labute approximate surface area is 262 Å². The van der Waals surface area contributed by atoms with Crippen LogP contribution in [-0.4, -0.2) is 91.9 Å². The lowest BCUT2D eigenvalue weighted by molar-refractivity contribution is -0.0194. The smallest absolute Gasteiger partial charge is 0.338 e. The molecule has 0 fully saturated rings. The molecule has 0 saturated carbocycles. The second-order valence-corrected chi connectivity index (χ2v) is 10.8. The molecule has 0 N–H and O–H groups in total. The topological polar surface area (TPSA) is 81.7 Å². The summed E-state index contributed by atoms with van der Waals surface area (Å²) in [7, 11) is 0. The summed E-state index contributed by atoms with van der Waals surface area (Å²) in [5, 5.41) is 0. The molecule has 0 aromatic heterocycles. The molecule has 250 valence electrons. The maximum Gasteiger partial charge on any atom is 0.338 e. The highest BCUT2D eigenvalue weighted by atomic mass is 16.6. The minimum Gasteiger partial charge on any atom is -0.460 e. The Morgan fingerprint density at radius 2 is 0.744 bits per heavy atom. The predicted molar refractivity (Wildman–Crippen MR) is 172 cm³/mol. The third kappa shape index (κ3) is 28.9. The van der Waals surface area contributed by atoms with E-state index in [1.54, 1.807) is 24.3 Å². The van der Waals surface area contributed by atoms with Gasteiger partial charge in [0.2, 0.25) is 0 Å². The third-order valence-corrected chi connectivity index (χ3v) is 6.97. The van der Waals surface area contributed by atoms with Gasteiger partial charge in [-0.1, -0.05) is 109 Å². The van der Waals surface area contributed by atoms with Crippen LogP contribution in [0.4, 0.5) is 0 Å². The fourth-order valence-corrected chi connectivity index (χ4v) is 4.45. The van der Waals surface area contributed by atoms with Gasteiger partial charge in [0.1, 0.15) is 6.61 Å². The van der Waals surface area contributed by atoms with E-state index in [1.165, 1.54) is 83.5 Å². The second kappa shape index (κ2) is 33.3. The van der Waals surface area contributed by atoms with Gasteiger partial charge in [-0.2, -0.15) is 0 Å². The largest absolute Gasteiger partial charge is 0.460 e. The minimum absolute atomic E-state index is 0.217. The van der Waals surface area contributed by atoms with Crippen molar-refractivity contribution in [2.24, 2.45) is 0 Å². The number of unbranched alkanes of at least 4 members (excludes halogenated alkanes) is 13. The van der Waals surface area contributed by atoms with Gasteiger partial charge in [-0.3, -0.25) is 0 Å². The molecule has 0 amide bonds. The van der Waals surface area contributed by atoms with Crippen LogP contribution < -0.4 is 0 Å². The van der Waals surface area contributed by atoms with E-state index in [1.807, 2.05) is 6.07 Å². The first-order valence-electron chi connectivity index (χ1n) is 17.0. The van der Waals surface area contributed by atoms with Crippen molar-refractivity contribution in [1.29, 1.82) is 0 Å². The van der Waals surface area contributed by atoms with Crippen LogP contribution in [0.3, 0.4) is 0 Å². The SMILES string of the molecule is CCCCCCCCCCCCCCCCOCCOCCOCCOCCOCCOCCOC(=O)c1ccccc1. The van der Waals surface area contributed by atoms with Gasteiger partial charge in [-0.05, 0) is 18.6 Å². The second-order valence-electron chi connectivity index (χ2n) is 10.8. The molecule has 0 spiro atoms. The number of carbonyl (C=O) groups excluding carboxylic acids is 1. The van der Waals surface area contributed by atoms with Gasteiger partial charge in [0.25, 0.3) is 0 Å². The summed E-state index contributed by atoms with van der Waals surface area (Å²) in [6.07, 6.45) is 19.2. The van der Waals surface area contributed by atoms with E-state index in [9.17, 15) is 4.79 Å². The molecule has 0 heterocycles. The Morgan fingerprint density at radius 3 is 1.14 bits per heavy atom. The van der Waals surface area contributed by atoms with Crippen LogP contribution in [0.2, 0.25) is 0 Å². The average Bonchev–Trinajstić information content (AvgIpc) is 3.03. The summed E-state index contributed by atoms with van der Waals surface area (Å²) in [4.78, 5) is 11.8. The molecule has 0 unspecified atom stereocenters. The van der Waals surface area contributed by atoms with Gasteiger partial charge in [0, 0.05) is 6.61 Å². The highest BCUT2D eigenvalue weighted by Gasteiger charge is 2.05. The molecule has 0 saturated heterocycles. The number of esters is 1. The molecule has 0 aliphatic rings. The number of ether oxygens (including phenoxy) is 7. The molecule has 0 aliphatic carbocycles. The van der Waals surface area contributed by atoms with Crippen LogP contribution in [-0.2, 0) is 33.2 Å². The molecule has 8 nitrogen and oxygen atoms in total. The molecule has 1 aromatic rings. The van der Waals surface area contributed by atoms with Gasteiger partial charge in [0.05, 0.1) is 78.2 Å². The molecule has 0 atom stereocenters. The highest BCUT2D eigenvalue weighted by molar-refractivity contribution is 5.89. The Morgan fingerprint density at radius 1 is 0.419 bits per heavy atom. The fourth-order valence-electron chi connectivity index (χ4n) is 4.45. The average molecular weight is 611 g/mol. The van der Waals surface area contributed by atoms with Crippen molar-refractivity contribution in [1.82, 2.24) is 0 Å². The number of rotatable bonds is 34. The number of benzene rings is 1. The van der Waals surface area contributed by atoms with Crippen molar-refractivity contribution in [2.75, 3.05) is 85.9 Å². The number of carbonyl (C=O) groups is 1. The number of hydrogen-bond donors (Lipinski definition) is 0. The standard InChI is InChI=1S/C35H62O8/c1-2-3-4-5-6-7-8-9-10-11-12-13-14-18-21-37-22-23-38-24-25-39-26-27-40-28-29-41-30-31-42-32-33-43-35(36)34-19-16-15-17-20-34/h15-17,19-20H,2-14,18,21-33H2,1H3. The Balaban J connectivity index is 1.64. The summed E-state index contributed by atoms with van der Waals surface area (Å²) >= 11 is 0. The van der Waals surface area contributed by atoms with Gasteiger partial charge in [0.15, 0.2) is 0 Å². The maximum absolute atomic E-state index is 11.8. The van der Waals surface area contributed by atoms with E-state index < -0.39 is 0 Å². The Hall–Kier alpha value is -1.55. The zero-order chi connectivity index (χ0) is 30.7. The van der Waals surface area contributed by atoms with Crippen molar-refractivity contribution < 1.29 is 38.0 Å². The van der Waals surface area contributed by atoms with E-state index >= 15 is 0 Å². The normalized spacial score (nSPS) is 11.3. The predicted octanol–water partition coefficient (Wildman–Crippen LogP) is 7.42. The summed E-state index contributed by atoms with van der Waals surface area (Å²) in [6.45, 7) is 9.00. The maximum atomic E-state index is 11.8. The molecular formula is C35H62O8. The monoisotopic (exact) mass is 610 g/mol. The van der Waals surface area contributed by atoms with E-state index in [0.29, 0.717) is 78.2 Å². The van der Waals surface area contributed by atoms with Crippen LogP contribution in [0.5, 0.6) is 0 Å². The van der Waals surface area contributed by atoms with E-state index in [2.05, 4.69) is 6.92 Å². The zero-order valence-electron chi connectivity index (χ0n) is 27.2. The van der Waals surface area contributed by atoms with Gasteiger partial charge in [-0.25, -0.2) is 4.79 Å². The van der Waals surface area contributed by atoms with E-state index in [0.717, 1.165) is 13.0 Å². The molecule has 0 bridgehead atoms.